The second-order valence-electron chi connectivity index (χ2n) is 8.13. The van der Waals surface area contributed by atoms with Crippen LogP contribution >= 0.6 is 0 Å². The summed E-state index contributed by atoms with van der Waals surface area (Å²) in [5.41, 5.74) is 3.22. The number of nitrogens with zero attached hydrogens (tertiary/aromatic N) is 4. The quantitative estimate of drug-likeness (QED) is 0.394. The number of hydrogen-bond acceptors (Lipinski definition) is 4. The number of pyridine rings is 1. The number of rotatable bonds is 5. The Hall–Kier alpha value is -4.00. The van der Waals surface area contributed by atoms with E-state index in [1.165, 1.54) is 6.08 Å². The van der Waals surface area contributed by atoms with Crippen LogP contribution in [0.3, 0.4) is 0 Å². The average molecular weight is 442 g/mol. The predicted octanol–water partition coefficient (Wildman–Crippen LogP) is 5.30. The number of hydrogen-bond donors (Lipinski definition) is 0. The van der Waals surface area contributed by atoms with Crippen molar-refractivity contribution in [3.8, 4) is 22.8 Å². The first kappa shape index (κ1) is 20.9. The molecule has 0 radical (unpaired) electrons. The number of likely N-dealkylation sites (tertiary alicyclic amines) is 1. The van der Waals surface area contributed by atoms with E-state index in [0.29, 0.717) is 24.4 Å². The van der Waals surface area contributed by atoms with Crippen LogP contribution in [0.2, 0.25) is 0 Å². The molecular weight excluding hydrogens is 419 g/mol. The molecular formula is C26H23FN4O2. The van der Waals surface area contributed by atoms with Gasteiger partial charge in [0.15, 0.2) is 11.6 Å². The summed E-state index contributed by atoms with van der Waals surface area (Å²) >= 11 is 0. The van der Waals surface area contributed by atoms with Crippen molar-refractivity contribution in [2.75, 3.05) is 13.1 Å². The Labute approximate surface area is 190 Å². The van der Waals surface area contributed by atoms with Crippen molar-refractivity contribution in [1.29, 1.82) is 0 Å². The second-order valence-corrected chi connectivity index (χ2v) is 8.13. The Balaban J connectivity index is 1.45. The fraction of sp³-hybridized carbons (Fsp3) is 0.192. The van der Waals surface area contributed by atoms with E-state index in [1.54, 1.807) is 48.4 Å². The topological polar surface area (TPSA) is 60.2 Å². The average Bonchev–Trinajstić information content (AvgIpc) is 3.47. The summed E-state index contributed by atoms with van der Waals surface area (Å²) in [5.74, 6) is 0.315. The van der Waals surface area contributed by atoms with Crippen molar-refractivity contribution >= 4 is 16.8 Å². The second kappa shape index (κ2) is 8.50. The molecule has 6 nitrogen and oxygen atoms in total. The third-order valence-electron chi connectivity index (χ3n) is 6.02. The molecule has 2 aromatic heterocycles. The zero-order valence-electron chi connectivity index (χ0n) is 18.2. The minimum atomic E-state index is -0.363. The summed E-state index contributed by atoms with van der Waals surface area (Å²) in [6.45, 7) is 6.57. The van der Waals surface area contributed by atoms with Crippen LogP contribution in [0.5, 0.6) is 11.5 Å². The van der Waals surface area contributed by atoms with Crippen molar-refractivity contribution in [2.24, 2.45) is 0 Å². The third kappa shape index (κ3) is 3.86. The number of benzene rings is 2. The Morgan fingerprint density at radius 1 is 1.21 bits per heavy atom. The number of amides is 1. The van der Waals surface area contributed by atoms with Gasteiger partial charge in [0.25, 0.3) is 0 Å². The minimum absolute atomic E-state index is 0.0588. The Kier molecular flexibility index (Phi) is 5.38. The molecule has 1 atom stereocenters. The van der Waals surface area contributed by atoms with Crippen LogP contribution in [0.4, 0.5) is 4.39 Å². The van der Waals surface area contributed by atoms with Gasteiger partial charge in [0.05, 0.1) is 11.6 Å². The number of halogens is 1. The van der Waals surface area contributed by atoms with Crippen molar-refractivity contribution in [1.82, 2.24) is 19.7 Å². The maximum Gasteiger partial charge on any atom is 0.246 e. The van der Waals surface area contributed by atoms with Crippen LogP contribution in [0.15, 0.2) is 73.6 Å². The summed E-state index contributed by atoms with van der Waals surface area (Å²) in [6, 6.07) is 14.5. The molecule has 4 aromatic rings. The van der Waals surface area contributed by atoms with Crippen LogP contribution in [-0.4, -0.2) is 38.7 Å². The molecule has 1 aliphatic rings. The van der Waals surface area contributed by atoms with Gasteiger partial charge in [-0.1, -0.05) is 18.7 Å². The Morgan fingerprint density at radius 3 is 2.82 bits per heavy atom. The maximum absolute atomic E-state index is 14.3. The molecule has 0 saturated carbocycles. The molecule has 1 amide bonds. The van der Waals surface area contributed by atoms with Gasteiger partial charge in [0.2, 0.25) is 5.91 Å². The smallest absolute Gasteiger partial charge is 0.246 e. The zero-order chi connectivity index (χ0) is 22.9. The maximum atomic E-state index is 14.3. The lowest BCUT2D eigenvalue weighted by Crippen LogP contribution is -2.27. The lowest BCUT2D eigenvalue weighted by atomic mass is 10.1. The molecule has 166 valence electrons. The molecule has 0 bridgehead atoms. The predicted molar refractivity (Wildman–Crippen MR) is 125 cm³/mol. The minimum Gasteiger partial charge on any atom is -0.454 e. The van der Waals surface area contributed by atoms with Crippen LogP contribution in [0, 0.1) is 12.7 Å². The van der Waals surface area contributed by atoms with E-state index in [2.05, 4.69) is 11.6 Å². The van der Waals surface area contributed by atoms with Gasteiger partial charge in [-0.25, -0.2) is 4.39 Å². The molecule has 0 N–H and O–H groups in total. The standard InChI is InChI=1S/C26H23FN4O2/c1-3-24(32)30-14-12-19(16-30)31-22-11-13-28-15-21(22)26(29-31)18-7-9-20(10-8-18)33-23-6-4-5-17(2)25(23)27/h3-11,13,15,19H,1,12,14,16H2,2H3/t19-/m1/s1. The number of carbonyl (C=O) groups is 1. The fourth-order valence-corrected chi connectivity index (χ4v) is 4.25. The highest BCUT2D eigenvalue weighted by atomic mass is 19.1. The molecule has 0 unspecified atom stereocenters. The molecule has 5 rings (SSSR count). The summed E-state index contributed by atoms with van der Waals surface area (Å²) in [7, 11) is 0. The van der Waals surface area contributed by atoms with Gasteiger partial charge in [0.1, 0.15) is 11.4 Å². The van der Waals surface area contributed by atoms with E-state index >= 15 is 0 Å². The zero-order valence-corrected chi connectivity index (χ0v) is 18.2. The van der Waals surface area contributed by atoms with Crippen molar-refractivity contribution in [3.05, 3.63) is 85.0 Å². The first-order valence-corrected chi connectivity index (χ1v) is 10.8. The molecule has 3 heterocycles. The number of aromatic nitrogens is 3. The molecule has 2 aromatic carbocycles. The van der Waals surface area contributed by atoms with Gasteiger partial charge in [-0.15, -0.1) is 0 Å². The molecule has 33 heavy (non-hydrogen) atoms. The molecule has 0 spiro atoms. The van der Waals surface area contributed by atoms with Crippen molar-refractivity contribution in [2.45, 2.75) is 19.4 Å². The van der Waals surface area contributed by atoms with E-state index in [-0.39, 0.29) is 23.5 Å². The normalized spacial score (nSPS) is 15.7. The Morgan fingerprint density at radius 2 is 2.03 bits per heavy atom. The summed E-state index contributed by atoms with van der Waals surface area (Å²) in [4.78, 5) is 18.1. The molecule has 1 aliphatic heterocycles. The van der Waals surface area contributed by atoms with Gasteiger partial charge >= 0.3 is 0 Å². The summed E-state index contributed by atoms with van der Waals surface area (Å²) in [6.07, 6.45) is 5.74. The van der Waals surface area contributed by atoms with Gasteiger partial charge in [-0.3, -0.25) is 14.5 Å². The first-order chi connectivity index (χ1) is 16.0. The van der Waals surface area contributed by atoms with E-state index in [4.69, 9.17) is 9.84 Å². The summed E-state index contributed by atoms with van der Waals surface area (Å²) in [5, 5.41) is 5.85. The first-order valence-electron chi connectivity index (χ1n) is 10.8. The third-order valence-corrected chi connectivity index (χ3v) is 6.02. The van der Waals surface area contributed by atoms with Crippen LogP contribution in [-0.2, 0) is 4.79 Å². The van der Waals surface area contributed by atoms with E-state index in [1.807, 2.05) is 29.1 Å². The van der Waals surface area contributed by atoms with Gasteiger partial charge in [-0.2, -0.15) is 5.10 Å². The SMILES string of the molecule is C=CC(=O)N1CC[C@@H](n2nc(-c3ccc(Oc4cccc(C)c4F)cc3)c3cnccc32)C1. The van der Waals surface area contributed by atoms with Gasteiger partial charge in [0, 0.05) is 36.4 Å². The van der Waals surface area contributed by atoms with E-state index < -0.39 is 0 Å². The molecule has 1 saturated heterocycles. The van der Waals surface area contributed by atoms with Crippen LogP contribution in [0.25, 0.3) is 22.2 Å². The van der Waals surface area contributed by atoms with E-state index in [0.717, 1.165) is 28.6 Å². The van der Waals surface area contributed by atoms with Gasteiger partial charge in [-0.05, 0) is 61.4 Å². The highest BCUT2D eigenvalue weighted by Crippen LogP contribution is 2.34. The highest BCUT2D eigenvalue weighted by molar-refractivity contribution is 5.93. The van der Waals surface area contributed by atoms with Crippen molar-refractivity contribution < 1.29 is 13.9 Å². The summed E-state index contributed by atoms with van der Waals surface area (Å²) < 4.78 is 22.0. The van der Waals surface area contributed by atoms with Crippen LogP contribution < -0.4 is 4.74 Å². The number of fused-ring (bicyclic) bond motifs is 1. The highest BCUT2D eigenvalue weighted by Gasteiger charge is 2.28. The van der Waals surface area contributed by atoms with Crippen molar-refractivity contribution in [3.63, 3.8) is 0 Å². The lowest BCUT2D eigenvalue weighted by Gasteiger charge is -2.15. The van der Waals surface area contributed by atoms with E-state index in [9.17, 15) is 9.18 Å². The van der Waals surface area contributed by atoms with Crippen LogP contribution in [0.1, 0.15) is 18.0 Å². The van der Waals surface area contributed by atoms with Gasteiger partial charge < -0.3 is 9.64 Å². The molecule has 1 fully saturated rings. The largest absolute Gasteiger partial charge is 0.454 e. The molecule has 0 aliphatic carbocycles. The monoisotopic (exact) mass is 442 g/mol. The number of carbonyl (C=O) groups excluding carboxylic acids is 1. The fourth-order valence-electron chi connectivity index (χ4n) is 4.25. The number of aryl methyl sites for hydroxylation is 1. The lowest BCUT2D eigenvalue weighted by molar-refractivity contribution is -0.125. The molecule has 7 heteroatoms. The Bertz CT molecular complexity index is 1350. The number of ether oxygens (including phenoxy) is 1.